The Morgan fingerprint density at radius 2 is 1.74 bits per heavy atom. The molecule has 6 aliphatic rings. The third kappa shape index (κ3) is 9.09. The third-order valence-electron chi connectivity index (χ3n) is 16.5. The second kappa shape index (κ2) is 18.9. The van der Waals surface area contributed by atoms with Crippen molar-refractivity contribution in [3.8, 4) is 35.4 Å². The summed E-state index contributed by atoms with van der Waals surface area (Å²) in [5.74, 6) is 0.986. The number of aryl methyl sites for hydroxylation is 1. The highest BCUT2D eigenvalue weighted by Gasteiger charge is 2.45. The predicted octanol–water partition coefficient (Wildman–Crippen LogP) is 5.73. The van der Waals surface area contributed by atoms with Crippen LogP contribution in [0.5, 0.6) is 11.8 Å². The summed E-state index contributed by atoms with van der Waals surface area (Å²) in [6.45, 7) is 7.57. The Morgan fingerprint density at radius 1 is 0.932 bits per heavy atom. The van der Waals surface area contributed by atoms with E-state index in [2.05, 4.69) is 54.4 Å². The Hall–Kier alpha value is -6.81. The lowest BCUT2D eigenvalue weighted by atomic mass is 9.88. The zero-order chi connectivity index (χ0) is 50.1. The van der Waals surface area contributed by atoms with Gasteiger partial charge in [0.15, 0.2) is 5.82 Å². The number of amides is 3. The molecule has 3 aromatic carbocycles. The molecule has 0 radical (unpaired) electrons. The molecule has 12 rings (SSSR count). The van der Waals surface area contributed by atoms with Gasteiger partial charge in [-0.05, 0) is 112 Å². The first-order chi connectivity index (χ1) is 35.4. The lowest BCUT2D eigenvalue weighted by Gasteiger charge is -2.34. The number of halogens is 2. The number of pyridine rings is 1. The lowest BCUT2D eigenvalue weighted by Crippen LogP contribution is -2.51. The van der Waals surface area contributed by atoms with Gasteiger partial charge in [0.05, 0.1) is 41.2 Å². The van der Waals surface area contributed by atoms with Crippen LogP contribution in [0, 0.1) is 29.4 Å². The maximum absolute atomic E-state index is 17.2. The number of likely N-dealkylation sites (tertiary alicyclic amines) is 1. The summed E-state index contributed by atoms with van der Waals surface area (Å²) in [5.41, 5.74) is 2.80. The average Bonchev–Trinajstić information content (AvgIpc) is 4.04. The number of phenolic OH excluding ortho intramolecular Hbond substituents is 1. The van der Waals surface area contributed by atoms with Gasteiger partial charge in [-0.25, -0.2) is 8.78 Å². The maximum atomic E-state index is 17.2. The van der Waals surface area contributed by atoms with Crippen LogP contribution in [0.25, 0.3) is 43.8 Å². The summed E-state index contributed by atoms with van der Waals surface area (Å²) < 4.78 is 40.6. The Bertz CT molecular complexity index is 3240. The van der Waals surface area contributed by atoms with Gasteiger partial charge in [-0.15, -0.1) is 6.42 Å². The molecular weight excluding hydrogens is 933 g/mol. The zero-order valence-corrected chi connectivity index (χ0v) is 41.0. The number of aromatic hydroxyl groups is 1. The number of hydrogen-bond acceptors (Lipinski definition) is 13. The minimum atomic E-state index is -0.749. The first-order valence-corrected chi connectivity index (χ1v) is 25.8. The van der Waals surface area contributed by atoms with Crippen LogP contribution in [0.4, 0.5) is 14.6 Å². The number of piperazine rings is 1. The number of hydrogen-bond donors (Lipinski definition) is 3. The quantitative estimate of drug-likeness (QED) is 0.106. The average molecular weight is 992 g/mol. The van der Waals surface area contributed by atoms with Crippen molar-refractivity contribution in [3.63, 3.8) is 0 Å². The molecule has 6 aromatic rings. The van der Waals surface area contributed by atoms with Crippen molar-refractivity contribution < 1.29 is 33.0 Å². The molecule has 18 heteroatoms. The minimum Gasteiger partial charge on any atom is -0.508 e. The fourth-order valence-electron chi connectivity index (χ4n) is 12.3. The molecule has 73 heavy (non-hydrogen) atoms. The fraction of sp³-hybridized carbons (Fsp3) is 0.473. The predicted molar refractivity (Wildman–Crippen MR) is 271 cm³/mol. The summed E-state index contributed by atoms with van der Waals surface area (Å²) in [4.78, 5) is 61.4. The highest BCUT2D eigenvalue weighted by atomic mass is 19.1. The van der Waals surface area contributed by atoms with E-state index in [1.807, 2.05) is 16.6 Å². The fourth-order valence-corrected chi connectivity index (χ4v) is 12.3. The molecule has 2 bridgehead atoms. The number of phenols is 1. The number of benzene rings is 3. The van der Waals surface area contributed by atoms with Gasteiger partial charge in [0.25, 0.3) is 0 Å². The highest BCUT2D eigenvalue weighted by Crippen LogP contribution is 2.47. The van der Waals surface area contributed by atoms with E-state index in [9.17, 15) is 19.5 Å². The van der Waals surface area contributed by atoms with Crippen molar-refractivity contribution in [2.75, 3.05) is 77.0 Å². The van der Waals surface area contributed by atoms with Gasteiger partial charge < -0.3 is 29.9 Å². The molecule has 378 valence electrons. The van der Waals surface area contributed by atoms with Crippen LogP contribution in [0.1, 0.15) is 86.4 Å². The van der Waals surface area contributed by atoms with Gasteiger partial charge >= 0.3 is 6.01 Å². The number of imide groups is 1. The summed E-state index contributed by atoms with van der Waals surface area (Å²) in [5, 5.41) is 23.6. The topological polar surface area (TPSA) is 174 Å². The largest absolute Gasteiger partial charge is 0.508 e. The van der Waals surface area contributed by atoms with Gasteiger partial charge in [0, 0.05) is 92.8 Å². The first-order valence-electron chi connectivity index (χ1n) is 25.8. The number of anilines is 1. The summed E-state index contributed by atoms with van der Waals surface area (Å²) in [6.07, 6.45) is 14.9. The minimum absolute atomic E-state index is 0.0172. The van der Waals surface area contributed by atoms with Crippen LogP contribution in [-0.2, 0) is 21.4 Å². The zero-order valence-electron chi connectivity index (χ0n) is 41.0. The first kappa shape index (κ1) is 47.2. The van der Waals surface area contributed by atoms with Gasteiger partial charge in [-0.3, -0.25) is 34.3 Å². The van der Waals surface area contributed by atoms with Crippen LogP contribution in [0.15, 0.2) is 48.7 Å². The summed E-state index contributed by atoms with van der Waals surface area (Å²) >= 11 is 0. The molecule has 3 atom stereocenters. The van der Waals surface area contributed by atoms with E-state index in [1.54, 1.807) is 6.20 Å². The Morgan fingerprint density at radius 3 is 2.51 bits per heavy atom. The number of piperidine rings is 2. The van der Waals surface area contributed by atoms with E-state index < -0.39 is 17.6 Å². The van der Waals surface area contributed by atoms with E-state index in [4.69, 9.17) is 26.2 Å². The van der Waals surface area contributed by atoms with Crippen LogP contribution in [0.3, 0.4) is 0 Å². The molecule has 5 saturated heterocycles. The molecule has 3 amide bonds. The number of aromatic nitrogens is 5. The standard InChI is InChI=1S/C55H59F2N11O5/c1-3-38-43(56)11-6-34-23-37(69)25-41(47(34)38)50-48(57)51-42(26-58-50)52(68-27-35-7-8-36(28-68)59-35)62-54(61-51)73-31-55(15-16-55)30-66-17-4-18-67(22-21-66)46(71)29-65-19-13-32(14-20-65)33-5-9-39-44(24-33)64(2)63-49(39)40-10-12-45(70)60-53(40)72/h1,5-6,9,11,23-26,32,35-36,40,59,69H,4,7-8,10,12-22,27-31H2,2H3,(H,60,70,72)/t35?,36?,40-/m0/s1. The van der Waals surface area contributed by atoms with Crippen molar-refractivity contribution >= 4 is 56.1 Å². The molecule has 3 aromatic heterocycles. The molecule has 5 aliphatic heterocycles. The van der Waals surface area contributed by atoms with E-state index in [-0.39, 0.29) is 74.7 Å². The Balaban J connectivity index is 0.692. The molecule has 1 saturated carbocycles. The van der Waals surface area contributed by atoms with E-state index in [0.29, 0.717) is 74.7 Å². The van der Waals surface area contributed by atoms with Gasteiger partial charge in [0.2, 0.25) is 17.7 Å². The molecule has 16 nitrogen and oxygen atoms in total. The van der Waals surface area contributed by atoms with Crippen molar-refractivity contribution in [3.05, 3.63) is 77.1 Å². The molecule has 3 N–H and O–H groups in total. The molecule has 8 heterocycles. The maximum Gasteiger partial charge on any atom is 0.319 e. The van der Waals surface area contributed by atoms with Crippen molar-refractivity contribution in [2.24, 2.45) is 12.5 Å². The highest BCUT2D eigenvalue weighted by molar-refractivity contribution is 6.04. The Kier molecular flexibility index (Phi) is 12.2. The van der Waals surface area contributed by atoms with Crippen LogP contribution < -0.4 is 20.3 Å². The van der Waals surface area contributed by atoms with Gasteiger partial charge in [-0.2, -0.15) is 15.1 Å². The summed E-state index contributed by atoms with van der Waals surface area (Å²) in [7, 11) is 1.90. The number of carbonyl (C=O) groups is 3. The van der Waals surface area contributed by atoms with Crippen LogP contribution >= 0.6 is 0 Å². The van der Waals surface area contributed by atoms with Gasteiger partial charge in [-0.1, -0.05) is 24.1 Å². The molecule has 0 spiro atoms. The number of nitrogens with one attached hydrogen (secondary N) is 2. The molecule has 2 unspecified atom stereocenters. The smallest absolute Gasteiger partial charge is 0.319 e. The third-order valence-corrected chi connectivity index (χ3v) is 16.5. The SMILES string of the molecule is C#Cc1c(F)ccc2cc(O)cc(-c3ncc4c(N5CC6CCC(C5)N6)nc(OCC5(CN6CCCN(C(=O)CN7CCC(c8ccc9c([C@@H]%10CCC(=O)NC%10=O)nn(C)c9c8)CC7)CC6)CC5)nc4c3F)c12. The summed E-state index contributed by atoms with van der Waals surface area (Å²) in [6, 6.07) is 12.6. The molecular formula is C55H59F2N11O5. The van der Waals surface area contributed by atoms with Crippen molar-refractivity contribution in [2.45, 2.75) is 81.7 Å². The van der Waals surface area contributed by atoms with E-state index in [1.165, 1.54) is 29.8 Å². The monoisotopic (exact) mass is 991 g/mol. The van der Waals surface area contributed by atoms with E-state index >= 15 is 8.78 Å². The number of carbonyl (C=O) groups excluding carboxylic acids is 3. The van der Waals surface area contributed by atoms with Crippen molar-refractivity contribution in [1.29, 1.82) is 0 Å². The second-order valence-corrected chi connectivity index (χ2v) is 21.4. The lowest BCUT2D eigenvalue weighted by molar-refractivity contribution is -0.134. The Labute approximate surface area is 421 Å². The molecule has 1 aliphatic carbocycles. The van der Waals surface area contributed by atoms with Crippen LogP contribution in [-0.4, -0.2) is 146 Å². The number of terminal acetylenes is 1. The second-order valence-electron chi connectivity index (χ2n) is 21.4. The number of fused-ring (bicyclic) bond motifs is 5. The number of rotatable bonds is 11. The normalized spacial score (nSPS) is 22.7. The number of ether oxygens (including phenoxy) is 1. The van der Waals surface area contributed by atoms with Crippen molar-refractivity contribution in [1.82, 2.24) is 50.1 Å². The van der Waals surface area contributed by atoms with E-state index in [0.717, 1.165) is 94.3 Å². The van der Waals surface area contributed by atoms with Crippen LogP contribution in [0.2, 0.25) is 0 Å². The van der Waals surface area contributed by atoms with Gasteiger partial charge in [0.1, 0.15) is 28.6 Å². The molecule has 6 fully saturated rings. The number of nitrogens with zero attached hydrogens (tertiary/aromatic N) is 9.